The monoisotopic (exact) mass is 120 g/mol. The molecule has 0 saturated heterocycles. The molecule has 0 fully saturated rings. The van der Waals surface area contributed by atoms with Gasteiger partial charge in [0, 0.05) is 0 Å². The van der Waals surface area contributed by atoms with Crippen LogP contribution < -0.4 is 0 Å². The second-order valence-corrected chi connectivity index (χ2v) is 1.26. The molecular weight excluding hydrogens is 108 g/mol. The Morgan fingerprint density at radius 3 is 2.12 bits per heavy atom. The Balaban J connectivity index is 0. The zero-order valence-electron chi connectivity index (χ0n) is 4.09. The lowest BCUT2D eigenvalue weighted by Gasteiger charge is -1.95. The molecule has 0 aliphatic carbocycles. The van der Waals surface area contributed by atoms with Crippen molar-refractivity contribution >= 4 is 5.97 Å². The summed E-state index contributed by atoms with van der Waals surface area (Å²) in [4.78, 5) is 9.68. The van der Waals surface area contributed by atoms with Gasteiger partial charge in [-0.3, -0.25) is 0 Å². The zero-order valence-corrected chi connectivity index (χ0v) is 4.09. The smallest absolute Gasteiger partial charge is 0.332 e. The van der Waals surface area contributed by atoms with Crippen molar-refractivity contribution in [3.05, 3.63) is 0 Å². The van der Waals surface area contributed by atoms with Gasteiger partial charge in [-0.25, -0.2) is 4.79 Å². The first-order chi connectivity index (χ1) is 3.18. The van der Waals surface area contributed by atoms with Crippen molar-refractivity contribution < 1.29 is 15.0 Å². The van der Waals surface area contributed by atoms with Gasteiger partial charge in [0.15, 0.2) is 6.10 Å². The molecule has 3 nitrogen and oxygen atoms in total. The lowest BCUT2D eigenvalue weighted by Crippen LogP contribution is -2.17. The number of rotatable bonds is 2. The summed E-state index contributed by atoms with van der Waals surface area (Å²) in [7, 11) is 0. The number of hydrogen-bond donors (Lipinski definition) is 2. The quantitative estimate of drug-likeness (QED) is 0.557. The number of aliphatic carboxylic acids is 1. The molecule has 0 amide bonds. The summed E-state index contributed by atoms with van der Waals surface area (Å²) in [5, 5.41) is 16.3. The summed E-state index contributed by atoms with van der Waals surface area (Å²) in [5.74, 6) is -1.15. The first-order valence-electron chi connectivity index (χ1n) is 2.09. The summed E-state index contributed by atoms with van der Waals surface area (Å²) in [6.07, 6.45) is -0.907. The Hall–Kier alpha value is -0.570. The van der Waals surface area contributed by atoms with Gasteiger partial charge < -0.3 is 10.2 Å². The van der Waals surface area contributed by atoms with E-state index in [0.717, 1.165) is 0 Å². The maximum Gasteiger partial charge on any atom is 0.332 e. The van der Waals surface area contributed by atoms with E-state index in [1.807, 2.05) is 0 Å². The van der Waals surface area contributed by atoms with Gasteiger partial charge in [0.2, 0.25) is 0 Å². The van der Waals surface area contributed by atoms with E-state index in [2.05, 4.69) is 0 Å². The first kappa shape index (κ1) is 10.4. The van der Waals surface area contributed by atoms with E-state index in [0.29, 0.717) is 0 Å². The van der Waals surface area contributed by atoms with Gasteiger partial charge in [-0.2, -0.15) is 0 Å². The van der Waals surface area contributed by atoms with Crippen molar-refractivity contribution in [2.45, 2.75) is 26.9 Å². The predicted octanol–water partition coefficient (Wildman–Crippen LogP) is 0.478. The predicted molar refractivity (Wildman–Crippen MR) is 30.7 cm³/mol. The molecule has 0 aromatic carbocycles. The Kier molecular flexibility index (Phi) is 5.97. The fraction of sp³-hybridized carbons (Fsp3) is 0.800. The van der Waals surface area contributed by atoms with E-state index in [4.69, 9.17) is 10.2 Å². The van der Waals surface area contributed by atoms with Crippen LogP contribution in [0, 0.1) is 0 Å². The van der Waals surface area contributed by atoms with E-state index in [-0.39, 0.29) is 13.8 Å². The van der Waals surface area contributed by atoms with Crippen LogP contribution in [0.5, 0.6) is 0 Å². The second kappa shape index (κ2) is 4.59. The molecule has 0 spiro atoms. The van der Waals surface area contributed by atoms with Crippen LogP contribution in [0.25, 0.3) is 0 Å². The number of carboxylic acid groups (broad SMARTS) is 1. The largest absolute Gasteiger partial charge is 0.479 e. The van der Waals surface area contributed by atoms with Crippen molar-refractivity contribution in [1.82, 2.24) is 0 Å². The minimum absolute atomic E-state index is 0. The van der Waals surface area contributed by atoms with Gasteiger partial charge in [-0.1, -0.05) is 14.4 Å². The fourth-order valence-corrected chi connectivity index (χ4v) is 0.175. The second-order valence-electron chi connectivity index (χ2n) is 1.26. The van der Waals surface area contributed by atoms with Crippen LogP contribution in [0.15, 0.2) is 0 Å². The first-order valence-corrected chi connectivity index (χ1v) is 2.09. The normalized spacial score (nSPS) is 11.8. The van der Waals surface area contributed by atoms with Crippen LogP contribution in [0.4, 0.5) is 0 Å². The molecule has 1 atom stereocenters. The highest BCUT2D eigenvalue weighted by Crippen LogP contribution is 1.86. The molecule has 0 radical (unpaired) electrons. The molecule has 0 heterocycles. The van der Waals surface area contributed by atoms with Gasteiger partial charge in [0.25, 0.3) is 0 Å². The molecule has 0 saturated carbocycles. The van der Waals surface area contributed by atoms with Crippen LogP contribution in [-0.2, 0) is 4.79 Å². The Morgan fingerprint density at radius 2 is 2.12 bits per heavy atom. The van der Waals surface area contributed by atoms with Gasteiger partial charge in [0.1, 0.15) is 0 Å². The minimum atomic E-state index is -1.18. The molecule has 0 bridgehead atoms. The standard InChI is InChI=1S/C4H8O3.CH4/c1-2-3(5)4(6)7;/h3,5H,2H2,1H3,(H,6,7);1H4. The van der Waals surface area contributed by atoms with Crippen molar-refractivity contribution in [3.63, 3.8) is 0 Å². The maximum absolute atomic E-state index is 9.68. The van der Waals surface area contributed by atoms with Crippen LogP contribution >= 0.6 is 0 Å². The average molecular weight is 120 g/mol. The third-order valence-corrected chi connectivity index (χ3v) is 0.672. The number of aliphatic hydroxyl groups excluding tert-OH is 1. The minimum Gasteiger partial charge on any atom is -0.479 e. The van der Waals surface area contributed by atoms with Gasteiger partial charge in [-0.15, -0.1) is 0 Å². The van der Waals surface area contributed by atoms with Gasteiger partial charge in [0.05, 0.1) is 0 Å². The SMILES string of the molecule is C.CCC(O)C(=O)O. The molecule has 0 rings (SSSR count). The molecule has 50 valence electrons. The van der Waals surface area contributed by atoms with Crippen LogP contribution in [-0.4, -0.2) is 22.3 Å². The summed E-state index contributed by atoms with van der Waals surface area (Å²) in [6.45, 7) is 1.61. The highest BCUT2D eigenvalue weighted by Gasteiger charge is 2.07. The van der Waals surface area contributed by atoms with Crippen LogP contribution in [0.2, 0.25) is 0 Å². The summed E-state index contributed by atoms with van der Waals surface area (Å²) in [5.41, 5.74) is 0. The topological polar surface area (TPSA) is 57.5 Å². The lowest BCUT2D eigenvalue weighted by atomic mass is 10.3. The molecule has 0 aromatic rings. The maximum atomic E-state index is 9.68. The number of hydrogen-bond acceptors (Lipinski definition) is 2. The van der Waals surface area contributed by atoms with E-state index < -0.39 is 12.1 Å². The van der Waals surface area contributed by atoms with Crippen molar-refractivity contribution in [3.8, 4) is 0 Å². The number of aliphatic hydroxyl groups is 1. The fourth-order valence-electron chi connectivity index (χ4n) is 0.175. The van der Waals surface area contributed by atoms with Gasteiger partial charge in [-0.05, 0) is 6.42 Å². The van der Waals surface area contributed by atoms with E-state index in [1.165, 1.54) is 0 Å². The van der Waals surface area contributed by atoms with Crippen molar-refractivity contribution in [1.29, 1.82) is 0 Å². The molecule has 3 heteroatoms. The third kappa shape index (κ3) is 3.61. The van der Waals surface area contributed by atoms with Gasteiger partial charge >= 0.3 is 5.97 Å². The van der Waals surface area contributed by atoms with Crippen molar-refractivity contribution in [2.75, 3.05) is 0 Å². The van der Waals surface area contributed by atoms with Crippen LogP contribution in [0.1, 0.15) is 20.8 Å². The highest BCUT2D eigenvalue weighted by molar-refractivity contribution is 5.71. The summed E-state index contributed by atoms with van der Waals surface area (Å²) in [6, 6.07) is 0. The Morgan fingerprint density at radius 1 is 1.75 bits per heavy atom. The Bertz CT molecular complexity index is 70.1. The molecular formula is C5H12O3. The zero-order chi connectivity index (χ0) is 5.86. The Labute approximate surface area is 49.0 Å². The van der Waals surface area contributed by atoms with Crippen molar-refractivity contribution in [2.24, 2.45) is 0 Å². The lowest BCUT2D eigenvalue weighted by molar-refractivity contribution is -0.146. The third-order valence-electron chi connectivity index (χ3n) is 0.672. The summed E-state index contributed by atoms with van der Waals surface area (Å²) >= 11 is 0. The van der Waals surface area contributed by atoms with E-state index in [1.54, 1.807) is 6.92 Å². The number of carboxylic acids is 1. The molecule has 0 aliphatic heterocycles. The van der Waals surface area contributed by atoms with E-state index >= 15 is 0 Å². The highest BCUT2D eigenvalue weighted by atomic mass is 16.4. The molecule has 8 heavy (non-hydrogen) atoms. The average Bonchev–Trinajstić information content (AvgIpc) is 1.65. The molecule has 0 aliphatic rings. The summed E-state index contributed by atoms with van der Waals surface area (Å²) < 4.78 is 0. The van der Waals surface area contributed by atoms with E-state index in [9.17, 15) is 4.79 Å². The number of carbonyl (C=O) groups is 1. The molecule has 1 unspecified atom stereocenters. The van der Waals surface area contributed by atoms with Crippen LogP contribution in [0.3, 0.4) is 0 Å². The molecule has 0 aromatic heterocycles. The molecule has 2 N–H and O–H groups in total.